The minimum atomic E-state index is -3.86. The van der Waals surface area contributed by atoms with Gasteiger partial charge in [-0.25, -0.2) is 4.79 Å². The minimum Gasteiger partial charge on any atom is -0.457 e. The fourth-order valence-corrected chi connectivity index (χ4v) is 1.96. The van der Waals surface area contributed by atoms with Gasteiger partial charge in [-0.05, 0) is 12.8 Å². The van der Waals surface area contributed by atoms with Crippen molar-refractivity contribution in [2.45, 2.75) is 12.8 Å². The van der Waals surface area contributed by atoms with Gasteiger partial charge in [0, 0.05) is 6.08 Å². The highest BCUT2D eigenvalue weighted by Gasteiger charge is 2.15. The van der Waals surface area contributed by atoms with E-state index in [1.54, 1.807) is 0 Å². The molecule has 0 amide bonds. The molecule has 0 aromatic heterocycles. The van der Waals surface area contributed by atoms with Crippen molar-refractivity contribution >= 4 is 16.1 Å². The van der Waals surface area contributed by atoms with Crippen LogP contribution in [0.1, 0.15) is 12.8 Å². The number of nitrogens with zero attached hydrogens (tertiary/aromatic N) is 1. The number of esters is 1. The van der Waals surface area contributed by atoms with Crippen molar-refractivity contribution < 1.29 is 27.0 Å². The van der Waals surface area contributed by atoms with E-state index in [0.29, 0.717) is 30.5 Å². The summed E-state index contributed by atoms with van der Waals surface area (Å²) in [6.45, 7) is 5.00. The Bertz CT molecular complexity index is 375. The Morgan fingerprint density at radius 3 is 2.44 bits per heavy atom. The summed E-state index contributed by atoms with van der Waals surface area (Å²) in [5.74, 6) is -0.653. The van der Waals surface area contributed by atoms with E-state index in [1.807, 2.05) is 14.1 Å². The lowest BCUT2D eigenvalue weighted by molar-refractivity contribution is -0.890. The summed E-state index contributed by atoms with van der Waals surface area (Å²) in [6.07, 6.45) is 2.22. The van der Waals surface area contributed by atoms with Gasteiger partial charge in [-0.15, -0.1) is 0 Å². The molecule has 0 aliphatic carbocycles. The minimum absolute atomic E-state index is 0.210. The largest absolute Gasteiger partial charge is 0.457 e. The maximum atomic E-state index is 10.8. The molecule has 0 spiro atoms. The molecule has 6 nitrogen and oxygen atoms in total. The van der Waals surface area contributed by atoms with Crippen molar-refractivity contribution in [3.63, 3.8) is 0 Å². The van der Waals surface area contributed by atoms with E-state index >= 15 is 0 Å². The lowest BCUT2D eigenvalue weighted by atomic mass is 10.3. The molecule has 18 heavy (non-hydrogen) atoms. The molecule has 0 saturated carbocycles. The van der Waals surface area contributed by atoms with Gasteiger partial charge in [-0.2, -0.15) is 8.42 Å². The Balaban J connectivity index is 3.79. The van der Waals surface area contributed by atoms with E-state index < -0.39 is 16.1 Å². The molecule has 0 radical (unpaired) electrons. The molecule has 0 atom stereocenters. The van der Waals surface area contributed by atoms with Crippen LogP contribution in [0.5, 0.6) is 0 Å². The second kappa shape index (κ2) is 7.50. The molecule has 0 aliphatic rings. The van der Waals surface area contributed by atoms with Crippen molar-refractivity contribution in [1.29, 1.82) is 0 Å². The number of unbranched alkanes of at least 4 members (excludes halogenated alkanes) is 1. The van der Waals surface area contributed by atoms with Gasteiger partial charge in [-0.3, -0.25) is 4.55 Å². The summed E-state index contributed by atoms with van der Waals surface area (Å²) in [5, 5.41) is 0. The number of carbonyl (C=O) groups is 1. The van der Waals surface area contributed by atoms with E-state index in [9.17, 15) is 13.2 Å². The normalized spacial score (nSPS) is 12.2. The Morgan fingerprint density at radius 2 is 1.94 bits per heavy atom. The fraction of sp³-hybridized carbons (Fsp3) is 0.727. The van der Waals surface area contributed by atoms with E-state index in [-0.39, 0.29) is 5.75 Å². The molecule has 7 heteroatoms. The molecule has 106 valence electrons. The first kappa shape index (κ1) is 17.1. The van der Waals surface area contributed by atoms with Crippen LogP contribution in [0.4, 0.5) is 0 Å². The topological polar surface area (TPSA) is 80.7 Å². The Labute approximate surface area is 109 Å². The summed E-state index contributed by atoms with van der Waals surface area (Å²) in [5.41, 5.74) is 0. The molecule has 0 saturated heterocycles. The number of ether oxygens (including phenoxy) is 1. The smallest absolute Gasteiger partial charge is 0.330 e. The molecule has 0 aliphatic heterocycles. The Morgan fingerprint density at radius 1 is 1.33 bits per heavy atom. The lowest BCUT2D eigenvalue weighted by Crippen LogP contribution is -2.43. The quantitative estimate of drug-likeness (QED) is 0.218. The number of likely N-dealkylation sites (N-methyl/N-ethyl adjacent to an activating group) is 1. The van der Waals surface area contributed by atoms with Crippen LogP contribution < -0.4 is 0 Å². The number of carbonyl (C=O) groups excluding carboxylic acids is 1. The second-order valence-corrected chi connectivity index (χ2v) is 6.32. The third-order valence-electron chi connectivity index (χ3n) is 2.52. The fourth-order valence-electron chi connectivity index (χ4n) is 1.39. The zero-order valence-corrected chi connectivity index (χ0v) is 11.8. The summed E-state index contributed by atoms with van der Waals surface area (Å²) in [6, 6.07) is 0. The van der Waals surface area contributed by atoms with Gasteiger partial charge in [0.05, 0.1) is 26.4 Å². The highest BCUT2D eigenvalue weighted by atomic mass is 32.2. The van der Waals surface area contributed by atoms with E-state index in [2.05, 4.69) is 6.58 Å². The van der Waals surface area contributed by atoms with Crippen LogP contribution in [0.15, 0.2) is 12.7 Å². The average molecular weight is 280 g/mol. The van der Waals surface area contributed by atoms with Gasteiger partial charge in [0.25, 0.3) is 10.1 Å². The van der Waals surface area contributed by atoms with Crippen molar-refractivity contribution in [3.05, 3.63) is 12.7 Å². The molecule has 0 unspecified atom stereocenters. The highest BCUT2D eigenvalue weighted by Crippen LogP contribution is 2.03. The standard InChI is InChI=1S/C11H21NO5S/c1-4-11(13)17-9-8-12(2,3)7-5-6-10-18(14,15)16/h4H,1,5-10H2,2-3H3/p+1. The van der Waals surface area contributed by atoms with Crippen LogP contribution >= 0.6 is 0 Å². The van der Waals surface area contributed by atoms with Crippen LogP contribution in [-0.4, -0.2) is 63.0 Å². The monoisotopic (exact) mass is 280 g/mol. The number of hydrogen-bond donors (Lipinski definition) is 1. The van der Waals surface area contributed by atoms with Crippen LogP contribution in [0.3, 0.4) is 0 Å². The molecule has 1 N–H and O–H groups in total. The molecule has 0 bridgehead atoms. The van der Waals surface area contributed by atoms with Crippen molar-refractivity contribution in [2.24, 2.45) is 0 Å². The van der Waals surface area contributed by atoms with Gasteiger partial charge >= 0.3 is 5.97 Å². The van der Waals surface area contributed by atoms with Crippen LogP contribution in [0.2, 0.25) is 0 Å². The van der Waals surface area contributed by atoms with Crippen LogP contribution in [-0.2, 0) is 19.6 Å². The Kier molecular flexibility index (Phi) is 7.12. The third-order valence-corrected chi connectivity index (χ3v) is 3.33. The molecule has 0 aromatic carbocycles. The van der Waals surface area contributed by atoms with Gasteiger partial charge in [-0.1, -0.05) is 6.58 Å². The second-order valence-electron chi connectivity index (χ2n) is 4.75. The van der Waals surface area contributed by atoms with Gasteiger partial charge in [0.15, 0.2) is 0 Å². The van der Waals surface area contributed by atoms with Crippen molar-refractivity contribution in [3.8, 4) is 0 Å². The summed E-state index contributed by atoms with van der Waals surface area (Å²) < 4.78 is 35.1. The number of quaternary nitrogens is 1. The number of rotatable bonds is 9. The predicted octanol–water partition coefficient (Wildman–Crippen LogP) is 0.460. The summed E-state index contributed by atoms with van der Waals surface area (Å²) >= 11 is 0. The highest BCUT2D eigenvalue weighted by molar-refractivity contribution is 7.85. The maximum Gasteiger partial charge on any atom is 0.330 e. The van der Waals surface area contributed by atoms with Gasteiger partial charge in [0.1, 0.15) is 13.2 Å². The van der Waals surface area contributed by atoms with Crippen LogP contribution in [0, 0.1) is 0 Å². The van der Waals surface area contributed by atoms with E-state index in [1.165, 1.54) is 0 Å². The summed E-state index contributed by atoms with van der Waals surface area (Å²) in [7, 11) is 0.0741. The molecule has 0 aromatic rings. The first-order chi connectivity index (χ1) is 8.16. The average Bonchev–Trinajstić information content (AvgIpc) is 2.23. The van der Waals surface area contributed by atoms with Gasteiger partial charge < -0.3 is 9.22 Å². The molecule has 0 heterocycles. The number of hydrogen-bond acceptors (Lipinski definition) is 4. The first-order valence-corrected chi connectivity index (χ1v) is 7.33. The van der Waals surface area contributed by atoms with Crippen LogP contribution in [0.25, 0.3) is 0 Å². The molecular weight excluding hydrogens is 258 g/mol. The van der Waals surface area contributed by atoms with Crippen molar-refractivity contribution in [2.75, 3.05) is 39.5 Å². The lowest BCUT2D eigenvalue weighted by Gasteiger charge is -2.29. The van der Waals surface area contributed by atoms with E-state index in [0.717, 1.165) is 12.6 Å². The SMILES string of the molecule is C=CC(=O)OCC[N+](C)(C)CCCCS(=O)(=O)O. The van der Waals surface area contributed by atoms with E-state index in [4.69, 9.17) is 9.29 Å². The maximum absolute atomic E-state index is 10.8. The predicted molar refractivity (Wildman–Crippen MR) is 68.6 cm³/mol. The third kappa shape index (κ3) is 10.2. The van der Waals surface area contributed by atoms with Gasteiger partial charge in [0.2, 0.25) is 0 Å². The summed E-state index contributed by atoms with van der Waals surface area (Å²) in [4.78, 5) is 10.8. The first-order valence-electron chi connectivity index (χ1n) is 5.73. The zero-order chi connectivity index (χ0) is 14.2. The molecule has 0 rings (SSSR count). The Hall–Kier alpha value is -0.920. The molecular formula is C11H22NO5S+. The van der Waals surface area contributed by atoms with Crippen molar-refractivity contribution in [1.82, 2.24) is 0 Å². The molecule has 0 fully saturated rings. The zero-order valence-electron chi connectivity index (χ0n) is 11.0.